The molecule has 1 aliphatic rings. The predicted molar refractivity (Wildman–Crippen MR) is 71.4 cm³/mol. The molecule has 0 atom stereocenters. The van der Waals surface area contributed by atoms with Gasteiger partial charge in [-0.05, 0) is 24.3 Å². The monoisotopic (exact) mass is 300 g/mol. The van der Waals surface area contributed by atoms with E-state index in [2.05, 4.69) is 15.2 Å². The molecule has 0 aliphatic carbocycles. The van der Waals surface area contributed by atoms with Crippen molar-refractivity contribution >= 4 is 22.9 Å². The van der Waals surface area contributed by atoms with E-state index in [1.54, 1.807) is 0 Å². The van der Waals surface area contributed by atoms with Crippen molar-refractivity contribution in [2.24, 2.45) is 32.4 Å². The molecule has 21 heavy (non-hydrogen) atoms. The molecule has 0 spiro atoms. The highest BCUT2D eigenvalue weighted by atomic mass is 19.4. The lowest BCUT2D eigenvalue weighted by Crippen LogP contribution is -2.36. The molecule has 2 rings (SSSR count). The van der Waals surface area contributed by atoms with E-state index in [9.17, 15) is 13.2 Å². The van der Waals surface area contributed by atoms with E-state index in [4.69, 9.17) is 21.9 Å². The average molecular weight is 300 g/mol. The smallest absolute Gasteiger partial charge is 0.437 e. The minimum absolute atomic E-state index is 0.222. The van der Waals surface area contributed by atoms with Crippen LogP contribution in [0.2, 0.25) is 0 Å². The SMILES string of the molecule is NC1=NN=C(C(F)(F)F)C1=Nc1ccc(OC(N)N)cc1. The van der Waals surface area contributed by atoms with Crippen LogP contribution in [-0.2, 0) is 0 Å². The van der Waals surface area contributed by atoms with Crippen LogP contribution >= 0.6 is 0 Å². The fourth-order valence-electron chi connectivity index (χ4n) is 1.51. The van der Waals surface area contributed by atoms with Gasteiger partial charge in [0.2, 0.25) is 6.35 Å². The maximum absolute atomic E-state index is 12.7. The summed E-state index contributed by atoms with van der Waals surface area (Å²) in [5, 5.41) is 6.18. The highest BCUT2D eigenvalue weighted by molar-refractivity contribution is 6.70. The molecule has 1 aromatic rings. The number of ether oxygens (including phenoxy) is 1. The Balaban J connectivity index is 2.26. The van der Waals surface area contributed by atoms with E-state index in [1.807, 2.05) is 0 Å². The normalized spacial score (nSPS) is 17.1. The molecule has 1 heterocycles. The average Bonchev–Trinajstić information content (AvgIpc) is 2.73. The van der Waals surface area contributed by atoms with Gasteiger partial charge in [0.15, 0.2) is 11.5 Å². The van der Waals surface area contributed by atoms with Gasteiger partial charge in [-0.2, -0.15) is 13.2 Å². The minimum Gasteiger partial charge on any atom is -0.463 e. The van der Waals surface area contributed by atoms with Gasteiger partial charge >= 0.3 is 6.18 Å². The zero-order chi connectivity index (χ0) is 15.6. The van der Waals surface area contributed by atoms with Crippen LogP contribution in [-0.4, -0.2) is 29.8 Å². The zero-order valence-corrected chi connectivity index (χ0v) is 10.5. The summed E-state index contributed by atoms with van der Waals surface area (Å²) in [5.41, 5.74) is 14.3. The molecule has 1 aromatic carbocycles. The van der Waals surface area contributed by atoms with Gasteiger partial charge in [-0.3, -0.25) is 11.5 Å². The van der Waals surface area contributed by atoms with Gasteiger partial charge in [0.05, 0.1) is 5.69 Å². The van der Waals surface area contributed by atoms with Crippen LogP contribution < -0.4 is 21.9 Å². The summed E-state index contributed by atoms with van der Waals surface area (Å²) in [5.74, 6) is -0.0432. The Kier molecular flexibility index (Phi) is 3.91. The first kappa shape index (κ1) is 14.9. The summed E-state index contributed by atoms with van der Waals surface area (Å²) in [6, 6.07) is 5.76. The highest BCUT2D eigenvalue weighted by Gasteiger charge is 2.43. The lowest BCUT2D eigenvalue weighted by Gasteiger charge is -2.09. The van der Waals surface area contributed by atoms with Crippen LogP contribution in [0.3, 0.4) is 0 Å². The van der Waals surface area contributed by atoms with E-state index >= 15 is 0 Å². The number of rotatable bonds is 3. The number of halogens is 3. The Morgan fingerprint density at radius 1 is 1.10 bits per heavy atom. The lowest BCUT2D eigenvalue weighted by molar-refractivity contribution is -0.0565. The molecule has 1 aliphatic heterocycles. The molecule has 0 fully saturated rings. The second-order valence-electron chi connectivity index (χ2n) is 3.97. The van der Waals surface area contributed by atoms with Crippen molar-refractivity contribution < 1.29 is 17.9 Å². The fraction of sp³-hybridized carbons (Fsp3) is 0.182. The number of alkyl halides is 3. The third-order valence-corrected chi connectivity index (χ3v) is 2.34. The molecule has 112 valence electrons. The molecule has 10 heteroatoms. The fourth-order valence-corrected chi connectivity index (χ4v) is 1.51. The van der Waals surface area contributed by atoms with E-state index in [-0.39, 0.29) is 5.69 Å². The largest absolute Gasteiger partial charge is 0.463 e. The van der Waals surface area contributed by atoms with Crippen molar-refractivity contribution in [1.29, 1.82) is 0 Å². The first-order chi connectivity index (χ1) is 9.77. The molecule has 0 aromatic heterocycles. The van der Waals surface area contributed by atoms with Gasteiger partial charge in [0.1, 0.15) is 11.5 Å². The second-order valence-corrected chi connectivity index (χ2v) is 3.97. The number of nitrogens with zero attached hydrogens (tertiary/aromatic N) is 3. The minimum atomic E-state index is -4.68. The molecular weight excluding hydrogens is 289 g/mol. The summed E-state index contributed by atoms with van der Waals surface area (Å²) in [4.78, 5) is 3.80. The Labute approximate surface area is 117 Å². The van der Waals surface area contributed by atoms with Crippen molar-refractivity contribution in [3.8, 4) is 5.75 Å². The quantitative estimate of drug-likeness (QED) is 0.708. The van der Waals surface area contributed by atoms with Gasteiger partial charge in [-0.15, -0.1) is 10.2 Å². The Morgan fingerprint density at radius 3 is 2.24 bits per heavy atom. The Morgan fingerprint density at radius 2 is 1.71 bits per heavy atom. The Bertz CT molecular complexity index is 618. The molecule has 0 saturated carbocycles. The summed E-state index contributed by atoms with van der Waals surface area (Å²) in [6.45, 7) is 0. The molecule has 0 amide bonds. The van der Waals surface area contributed by atoms with Crippen molar-refractivity contribution in [2.75, 3.05) is 0 Å². The number of hydrogen-bond acceptors (Lipinski definition) is 7. The van der Waals surface area contributed by atoms with Crippen molar-refractivity contribution in [1.82, 2.24) is 0 Å². The predicted octanol–water partition coefficient (Wildman–Crippen LogP) is 0.628. The molecule has 7 nitrogen and oxygen atoms in total. The molecule has 0 saturated heterocycles. The van der Waals surface area contributed by atoms with E-state index < -0.39 is 29.8 Å². The second kappa shape index (κ2) is 5.50. The Hall–Kier alpha value is -2.46. The van der Waals surface area contributed by atoms with Crippen LogP contribution in [0.4, 0.5) is 18.9 Å². The number of aliphatic imine (C=N–C) groups is 1. The molecular formula is C11H11F3N6O. The first-order valence-corrected chi connectivity index (χ1v) is 5.63. The topological polar surface area (TPSA) is 124 Å². The summed E-state index contributed by atoms with van der Waals surface area (Å²) in [6.07, 6.45) is -5.68. The van der Waals surface area contributed by atoms with Gasteiger partial charge in [0.25, 0.3) is 0 Å². The van der Waals surface area contributed by atoms with Gasteiger partial charge in [0, 0.05) is 0 Å². The van der Waals surface area contributed by atoms with Crippen molar-refractivity contribution in [3.63, 3.8) is 0 Å². The van der Waals surface area contributed by atoms with Crippen LogP contribution in [0.15, 0.2) is 39.5 Å². The summed E-state index contributed by atoms with van der Waals surface area (Å²) in [7, 11) is 0. The van der Waals surface area contributed by atoms with Crippen LogP contribution in [0.1, 0.15) is 0 Å². The first-order valence-electron chi connectivity index (χ1n) is 5.63. The van der Waals surface area contributed by atoms with Gasteiger partial charge < -0.3 is 10.5 Å². The van der Waals surface area contributed by atoms with Gasteiger partial charge in [-0.25, -0.2) is 4.99 Å². The van der Waals surface area contributed by atoms with Crippen LogP contribution in [0.5, 0.6) is 5.75 Å². The molecule has 0 unspecified atom stereocenters. The zero-order valence-electron chi connectivity index (χ0n) is 10.5. The summed E-state index contributed by atoms with van der Waals surface area (Å²) >= 11 is 0. The highest BCUT2D eigenvalue weighted by Crippen LogP contribution is 2.24. The number of amidine groups is 1. The molecule has 0 radical (unpaired) electrons. The molecule has 6 N–H and O–H groups in total. The van der Waals surface area contributed by atoms with E-state index in [0.717, 1.165) is 0 Å². The standard InChI is InChI=1S/C11H11F3N6O/c12-11(13,14)8-7(9(15)20-19-8)18-5-1-3-6(4-2-5)21-10(16)17/h1-4,10H,16-17H2,(H2,15,18,20). The third kappa shape index (κ3) is 3.55. The maximum Gasteiger partial charge on any atom is 0.437 e. The lowest BCUT2D eigenvalue weighted by atomic mass is 10.2. The third-order valence-electron chi connectivity index (χ3n) is 2.34. The molecule has 0 bridgehead atoms. The van der Waals surface area contributed by atoms with Crippen LogP contribution in [0, 0.1) is 0 Å². The van der Waals surface area contributed by atoms with Crippen molar-refractivity contribution in [3.05, 3.63) is 24.3 Å². The summed E-state index contributed by atoms with van der Waals surface area (Å²) < 4.78 is 43.1. The number of benzene rings is 1. The number of hydrogen-bond donors (Lipinski definition) is 3. The maximum atomic E-state index is 12.7. The van der Waals surface area contributed by atoms with Crippen molar-refractivity contribution in [2.45, 2.75) is 12.5 Å². The van der Waals surface area contributed by atoms with Gasteiger partial charge in [-0.1, -0.05) is 0 Å². The number of nitrogens with two attached hydrogens (primary N) is 3. The van der Waals surface area contributed by atoms with E-state index in [0.29, 0.717) is 5.75 Å². The van der Waals surface area contributed by atoms with Crippen LogP contribution in [0.25, 0.3) is 0 Å². The van der Waals surface area contributed by atoms with E-state index in [1.165, 1.54) is 24.3 Å².